The molecule has 10 aromatic rings. The first-order valence-corrected chi connectivity index (χ1v) is 19.7. The van der Waals surface area contributed by atoms with Crippen molar-refractivity contribution >= 4 is 77.5 Å². The fraction of sp³-hybridized carbons (Fsp3) is 0.0816. The number of benzene rings is 6. The molecule has 12 rings (SSSR count). The summed E-state index contributed by atoms with van der Waals surface area (Å²) < 4.78 is 14.1. The maximum absolute atomic E-state index is 6.54. The highest BCUT2D eigenvalue weighted by Gasteiger charge is 2.21. The number of hydrogen-bond donors (Lipinski definition) is 0. The van der Waals surface area contributed by atoms with Gasteiger partial charge in [0.15, 0.2) is 17.5 Å². The molecule has 0 bridgehead atoms. The Kier molecular flexibility index (Phi) is 6.68. The monoisotopic (exact) mass is 725 g/mol. The SMILES string of the molecule is C1=Cc2cc(-c3nc(-c4ccc5oc6ccccc6c5c4)nc(-c4cccc5oc6ccc(-c7cccc8sc9c(c78)CCC=C9)cc6c45)n3)ccc2CC1. The van der Waals surface area contributed by atoms with Crippen LogP contribution in [0, 0.1) is 0 Å². The lowest BCUT2D eigenvalue weighted by Crippen LogP contribution is -2.01. The van der Waals surface area contributed by atoms with E-state index in [9.17, 15) is 0 Å². The average Bonchev–Trinajstić information content (AvgIpc) is 3.94. The third-order valence-corrected chi connectivity index (χ3v) is 12.4. The summed E-state index contributed by atoms with van der Waals surface area (Å²) in [6.45, 7) is 0. The van der Waals surface area contributed by atoms with Crippen molar-refractivity contribution in [3.63, 3.8) is 0 Å². The standard InChI is InChI=1S/C49H31N3O2S/c1-2-10-29-25-31(20-19-28(29)9-1)47-50-48(32-22-24-40-37(27-32)34-11-3-5-15-39(34)53-40)52-49(51-47)36-14-7-16-42-45(36)38-26-30(21-23-41(38)54-42)33-13-8-18-44-46(33)35-12-4-6-17-43(35)55-44/h2-3,5-8,10-11,13-27H,1,4,9,12H2. The van der Waals surface area contributed by atoms with E-state index in [0.29, 0.717) is 17.5 Å². The molecule has 6 aromatic carbocycles. The van der Waals surface area contributed by atoms with Gasteiger partial charge in [-0.1, -0.05) is 78.9 Å². The van der Waals surface area contributed by atoms with Crippen LogP contribution in [-0.2, 0) is 12.8 Å². The topological polar surface area (TPSA) is 65.0 Å². The molecule has 0 fully saturated rings. The number of fused-ring (bicyclic) bond motifs is 10. The predicted molar refractivity (Wildman–Crippen MR) is 226 cm³/mol. The summed E-state index contributed by atoms with van der Waals surface area (Å²) >= 11 is 1.89. The largest absolute Gasteiger partial charge is 0.456 e. The Hall–Kier alpha value is -6.63. The first kappa shape index (κ1) is 30.8. The third-order valence-electron chi connectivity index (χ3n) is 11.3. The van der Waals surface area contributed by atoms with E-state index in [-0.39, 0.29) is 0 Å². The highest BCUT2D eigenvalue weighted by Crippen LogP contribution is 2.44. The highest BCUT2D eigenvalue weighted by molar-refractivity contribution is 7.20. The molecule has 0 amide bonds. The van der Waals surface area contributed by atoms with Gasteiger partial charge in [-0.05, 0) is 114 Å². The van der Waals surface area contributed by atoms with Crippen LogP contribution in [0.25, 0.3) is 111 Å². The van der Waals surface area contributed by atoms with E-state index in [1.54, 1.807) is 0 Å². The minimum atomic E-state index is 0.602. The van der Waals surface area contributed by atoms with Crippen LogP contribution in [-0.4, -0.2) is 15.0 Å². The van der Waals surface area contributed by atoms with E-state index < -0.39 is 0 Å². The highest BCUT2D eigenvalue weighted by atomic mass is 32.1. The molecule has 0 radical (unpaired) electrons. The molecular formula is C49H31N3O2S. The van der Waals surface area contributed by atoms with Crippen molar-refractivity contribution < 1.29 is 8.83 Å². The summed E-state index contributed by atoms with van der Waals surface area (Å²) in [5.41, 5.74) is 12.5. The molecule has 260 valence electrons. The molecule has 6 heteroatoms. The maximum atomic E-state index is 6.54. The van der Waals surface area contributed by atoms with E-state index in [2.05, 4.69) is 97.1 Å². The van der Waals surface area contributed by atoms with Gasteiger partial charge in [-0.2, -0.15) is 0 Å². The molecule has 55 heavy (non-hydrogen) atoms. The lowest BCUT2D eigenvalue weighted by atomic mass is 9.93. The molecule has 0 N–H and O–H groups in total. The van der Waals surface area contributed by atoms with Crippen molar-refractivity contribution in [2.45, 2.75) is 25.7 Å². The minimum Gasteiger partial charge on any atom is -0.456 e. The van der Waals surface area contributed by atoms with Crippen LogP contribution >= 0.6 is 11.3 Å². The molecule has 4 aromatic heterocycles. The first-order valence-electron chi connectivity index (χ1n) is 18.9. The number of aryl methyl sites for hydroxylation is 2. The Morgan fingerprint density at radius 3 is 2.13 bits per heavy atom. The second kappa shape index (κ2) is 11.9. The summed E-state index contributed by atoms with van der Waals surface area (Å²) in [5, 5.41) is 5.50. The number of rotatable bonds is 4. The van der Waals surface area contributed by atoms with Crippen molar-refractivity contribution in [2.75, 3.05) is 0 Å². The molecule has 2 aliphatic rings. The zero-order valence-electron chi connectivity index (χ0n) is 29.7. The first-order chi connectivity index (χ1) is 27.2. The molecule has 0 saturated carbocycles. The number of furan rings is 2. The second-order valence-corrected chi connectivity index (χ2v) is 15.6. The zero-order valence-corrected chi connectivity index (χ0v) is 30.5. The Balaban J connectivity index is 1.08. The van der Waals surface area contributed by atoms with Gasteiger partial charge in [-0.3, -0.25) is 0 Å². The summed E-state index contributed by atoms with van der Waals surface area (Å²) in [4.78, 5) is 17.0. The normalized spacial score (nSPS) is 13.7. The van der Waals surface area contributed by atoms with Crippen molar-refractivity contribution in [2.24, 2.45) is 0 Å². The van der Waals surface area contributed by atoms with Crippen molar-refractivity contribution in [3.05, 3.63) is 149 Å². The van der Waals surface area contributed by atoms with Crippen molar-refractivity contribution in [1.82, 2.24) is 15.0 Å². The van der Waals surface area contributed by atoms with E-state index in [1.165, 1.54) is 42.8 Å². The van der Waals surface area contributed by atoms with Gasteiger partial charge >= 0.3 is 0 Å². The van der Waals surface area contributed by atoms with Gasteiger partial charge in [0.05, 0.1) is 0 Å². The van der Waals surface area contributed by atoms with Gasteiger partial charge in [-0.15, -0.1) is 11.3 Å². The quantitative estimate of drug-likeness (QED) is 0.181. The number of thiophene rings is 1. The lowest BCUT2D eigenvalue weighted by molar-refractivity contribution is 0.668. The second-order valence-electron chi connectivity index (χ2n) is 14.5. The molecule has 5 nitrogen and oxygen atoms in total. The lowest BCUT2D eigenvalue weighted by Gasteiger charge is -2.13. The van der Waals surface area contributed by atoms with Crippen LogP contribution in [0.4, 0.5) is 0 Å². The third kappa shape index (κ3) is 4.88. The Morgan fingerprint density at radius 1 is 0.491 bits per heavy atom. The van der Waals surface area contributed by atoms with Crippen molar-refractivity contribution in [3.8, 4) is 45.3 Å². The fourth-order valence-corrected chi connectivity index (χ4v) is 9.85. The molecule has 0 saturated heterocycles. The average molecular weight is 726 g/mol. The van der Waals surface area contributed by atoms with Crippen LogP contribution in [0.1, 0.15) is 34.4 Å². The Bertz CT molecular complexity index is 3290. The molecular weight excluding hydrogens is 695 g/mol. The molecule has 0 unspecified atom stereocenters. The number of allylic oxidation sites excluding steroid dienone is 2. The van der Waals surface area contributed by atoms with E-state index in [4.69, 9.17) is 23.8 Å². The van der Waals surface area contributed by atoms with Gasteiger partial charge in [0.2, 0.25) is 0 Å². The molecule has 0 aliphatic heterocycles. The molecule has 0 atom stereocenters. The van der Waals surface area contributed by atoms with E-state index in [0.717, 1.165) is 86.3 Å². The zero-order chi connectivity index (χ0) is 36.0. The van der Waals surface area contributed by atoms with Gasteiger partial charge in [0, 0.05) is 53.2 Å². The minimum absolute atomic E-state index is 0.602. The molecule has 0 spiro atoms. The Morgan fingerprint density at radius 2 is 1.18 bits per heavy atom. The van der Waals surface area contributed by atoms with Crippen LogP contribution in [0.3, 0.4) is 0 Å². The van der Waals surface area contributed by atoms with Crippen LogP contribution < -0.4 is 0 Å². The summed E-state index contributed by atoms with van der Waals surface area (Å²) in [5.74, 6) is 1.84. The van der Waals surface area contributed by atoms with Gasteiger partial charge in [0.25, 0.3) is 0 Å². The molecule has 2 aliphatic carbocycles. The van der Waals surface area contributed by atoms with Crippen LogP contribution in [0.2, 0.25) is 0 Å². The van der Waals surface area contributed by atoms with E-state index >= 15 is 0 Å². The summed E-state index contributed by atoms with van der Waals surface area (Å²) in [6, 6.07) is 40.4. The summed E-state index contributed by atoms with van der Waals surface area (Å²) in [7, 11) is 0. The van der Waals surface area contributed by atoms with Gasteiger partial charge in [-0.25, -0.2) is 15.0 Å². The summed E-state index contributed by atoms with van der Waals surface area (Å²) in [6.07, 6.45) is 13.3. The maximum Gasteiger partial charge on any atom is 0.164 e. The van der Waals surface area contributed by atoms with E-state index in [1.807, 2.05) is 53.8 Å². The smallest absolute Gasteiger partial charge is 0.164 e. The van der Waals surface area contributed by atoms with Gasteiger partial charge < -0.3 is 8.83 Å². The number of aromatic nitrogens is 3. The number of para-hydroxylation sites is 1. The number of nitrogens with zero attached hydrogens (tertiary/aromatic N) is 3. The number of hydrogen-bond acceptors (Lipinski definition) is 6. The van der Waals surface area contributed by atoms with Crippen LogP contribution in [0.5, 0.6) is 0 Å². The van der Waals surface area contributed by atoms with Crippen molar-refractivity contribution in [1.29, 1.82) is 0 Å². The van der Waals surface area contributed by atoms with Crippen LogP contribution in [0.15, 0.2) is 136 Å². The fourth-order valence-electron chi connectivity index (χ4n) is 8.64. The predicted octanol–water partition coefficient (Wildman–Crippen LogP) is 13.5. The Labute approximate surface area is 319 Å². The van der Waals surface area contributed by atoms with Gasteiger partial charge in [0.1, 0.15) is 22.3 Å². The molecule has 4 heterocycles.